The fourth-order valence-corrected chi connectivity index (χ4v) is 2.05. The lowest BCUT2D eigenvalue weighted by Gasteiger charge is -2.24. The third-order valence-electron chi connectivity index (χ3n) is 2.50. The first-order chi connectivity index (χ1) is 7.39. The molecule has 0 aliphatic carbocycles. The second-order valence-corrected chi connectivity index (χ2v) is 4.74. The Hall–Kier alpha value is 0.100. The van der Waals surface area contributed by atoms with Crippen LogP contribution < -0.4 is 0 Å². The molecule has 0 aliphatic rings. The molecule has 0 bridgehead atoms. The Morgan fingerprint density at radius 3 is 2.25 bits per heavy atom. The molecule has 0 aromatic carbocycles. The van der Waals surface area contributed by atoms with Crippen LogP contribution in [0.1, 0.15) is 33.1 Å². The highest BCUT2D eigenvalue weighted by atomic mass is 32.1. The zero-order valence-electron chi connectivity index (χ0n) is 10.1. The summed E-state index contributed by atoms with van der Waals surface area (Å²) in [7, 11) is 0. The summed E-state index contributed by atoms with van der Waals surface area (Å²) in [6, 6.07) is 0. The highest BCUT2D eigenvalue weighted by molar-refractivity contribution is 7.80. The Bertz CT molecular complexity index is 173. The Labute approximate surface area is 102 Å². The Kier molecular flexibility index (Phi) is 8.28. The van der Waals surface area contributed by atoms with Gasteiger partial charge < -0.3 is 0 Å². The zero-order valence-corrected chi connectivity index (χ0v) is 10.9. The van der Waals surface area contributed by atoms with Crippen molar-refractivity contribution in [1.82, 2.24) is 4.90 Å². The monoisotopic (exact) mass is 257 g/mol. The van der Waals surface area contributed by atoms with Crippen molar-refractivity contribution in [3.63, 3.8) is 0 Å². The Morgan fingerprint density at radius 1 is 1.19 bits per heavy atom. The van der Waals surface area contributed by atoms with E-state index in [1.807, 2.05) is 6.92 Å². The van der Waals surface area contributed by atoms with Crippen LogP contribution in [0.25, 0.3) is 0 Å². The summed E-state index contributed by atoms with van der Waals surface area (Å²) in [5, 5.41) is 0. The maximum atomic E-state index is 12.2. The largest absolute Gasteiger partial charge is 0.401 e. The van der Waals surface area contributed by atoms with Crippen LogP contribution in [-0.4, -0.2) is 36.5 Å². The highest BCUT2D eigenvalue weighted by Crippen LogP contribution is 2.18. The zero-order chi connectivity index (χ0) is 12.6. The third-order valence-corrected chi connectivity index (χ3v) is 2.76. The lowest BCUT2D eigenvalue weighted by atomic mass is 10.0. The maximum absolute atomic E-state index is 12.2. The van der Waals surface area contributed by atoms with Crippen LogP contribution in [0.2, 0.25) is 0 Å². The highest BCUT2D eigenvalue weighted by Gasteiger charge is 2.30. The molecule has 0 aromatic heterocycles. The van der Waals surface area contributed by atoms with Gasteiger partial charge in [0, 0.05) is 0 Å². The molecule has 0 radical (unpaired) electrons. The molecule has 1 atom stereocenters. The van der Waals surface area contributed by atoms with Crippen LogP contribution in [0.15, 0.2) is 0 Å². The molecule has 0 saturated heterocycles. The number of alkyl halides is 3. The molecule has 16 heavy (non-hydrogen) atoms. The van der Waals surface area contributed by atoms with Crippen LogP contribution in [0.4, 0.5) is 13.2 Å². The van der Waals surface area contributed by atoms with Gasteiger partial charge in [-0.25, -0.2) is 0 Å². The van der Waals surface area contributed by atoms with Crippen molar-refractivity contribution in [3.8, 4) is 0 Å². The van der Waals surface area contributed by atoms with Crippen LogP contribution in [0.3, 0.4) is 0 Å². The summed E-state index contributed by atoms with van der Waals surface area (Å²) >= 11 is 4.12. The molecule has 0 spiro atoms. The number of nitrogens with zero attached hydrogens (tertiary/aromatic N) is 1. The summed E-state index contributed by atoms with van der Waals surface area (Å²) < 4.78 is 36.7. The Balaban J connectivity index is 3.93. The first kappa shape index (κ1) is 16.1. The molecular formula is C11H22F3NS. The van der Waals surface area contributed by atoms with E-state index in [4.69, 9.17) is 0 Å². The summed E-state index contributed by atoms with van der Waals surface area (Å²) in [4.78, 5) is 1.50. The Morgan fingerprint density at radius 2 is 1.81 bits per heavy atom. The van der Waals surface area contributed by atoms with Gasteiger partial charge in [0.2, 0.25) is 0 Å². The third kappa shape index (κ3) is 9.33. The van der Waals surface area contributed by atoms with E-state index >= 15 is 0 Å². The lowest BCUT2D eigenvalue weighted by Crippen LogP contribution is -2.36. The summed E-state index contributed by atoms with van der Waals surface area (Å²) in [5.41, 5.74) is 0. The predicted octanol–water partition coefficient (Wildman–Crippen LogP) is 3.61. The van der Waals surface area contributed by atoms with E-state index in [9.17, 15) is 13.2 Å². The van der Waals surface area contributed by atoms with Crippen LogP contribution >= 0.6 is 12.6 Å². The number of rotatable bonds is 8. The van der Waals surface area contributed by atoms with Crippen LogP contribution in [0, 0.1) is 5.92 Å². The van der Waals surface area contributed by atoms with E-state index in [1.165, 1.54) is 4.90 Å². The van der Waals surface area contributed by atoms with Gasteiger partial charge in [-0.15, -0.1) is 0 Å². The first-order valence-electron chi connectivity index (χ1n) is 5.79. The summed E-state index contributed by atoms with van der Waals surface area (Å²) in [6.45, 7) is 4.23. The SMILES string of the molecule is CCCN(CCC(C)CCS)CC(F)(F)F. The number of halogens is 3. The van der Waals surface area contributed by atoms with Crippen molar-refractivity contribution in [2.75, 3.05) is 25.4 Å². The average Bonchev–Trinajstić information content (AvgIpc) is 2.13. The molecular weight excluding hydrogens is 235 g/mol. The van der Waals surface area contributed by atoms with E-state index in [0.29, 0.717) is 19.0 Å². The minimum atomic E-state index is -4.08. The summed E-state index contributed by atoms with van der Waals surface area (Å²) in [6.07, 6.45) is -1.54. The molecule has 0 rings (SSSR count). The average molecular weight is 257 g/mol. The van der Waals surface area contributed by atoms with Gasteiger partial charge in [0.25, 0.3) is 0 Å². The molecule has 0 heterocycles. The van der Waals surface area contributed by atoms with Crippen LogP contribution in [-0.2, 0) is 0 Å². The van der Waals surface area contributed by atoms with Gasteiger partial charge in [0.05, 0.1) is 6.54 Å². The molecule has 1 unspecified atom stereocenters. The number of thiol groups is 1. The molecule has 0 aliphatic heterocycles. The van der Waals surface area contributed by atoms with Gasteiger partial charge in [-0.3, -0.25) is 4.90 Å². The lowest BCUT2D eigenvalue weighted by molar-refractivity contribution is -0.146. The fraction of sp³-hybridized carbons (Fsp3) is 1.00. The fourth-order valence-electron chi connectivity index (χ4n) is 1.61. The van der Waals surface area contributed by atoms with Gasteiger partial charge in [-0.2, -0.15) is 25.8 Å². The van der Waals surface area contributed by atoms with Gasteiger partial charge >= 0.3 is 6.18 Å². The van der Waals surface area contributed by atoms with Crippen molar-refractivity contribution in [2.45, 2.75) is 39.3 Å². The van der Waals surface area contributed by atoms with Gasteiger partial charge in [-0.05, 0) is 44.0 Å². The van der Waals surface area contributed by atoms with Gasteiger partial charge in [0.1, 0.15) is 0 Å². The van der Waals surface area contributed by atoms with Crippen molar-refractivity contribution in [2.24, 2.45) is 5.92 Å². The number of hydrogen-bond donors (Lipinski definition) is 1. The predicted molar refractivity (Wildman–Crippen MR) is 65.0 cm³/mol. The van der Waals surface area contributed by atoms with E-state index in [-0.39, 0.29) is 0 Å². The molecule has 0 N–H and O–H groups in total. The van der Waals surface area contributed by atoms with Crippen molar-refractivity contribution in [3.05, 3.63) is 0 Å². The van der Waals surface area contributed by atoms with E-state index in [2.05, 4.69) is 19.6 Å². The maximum Gasteiger partial charge on any atom is 0.401 e. The minimum Gasteiger partial charge on any atom is -0.295 e. The van der Waals surface area contributed by atoms with Gasteiger partial charge in [0.15, 0.2) is 0 Å². The first-order valence-corrected chi connectivity index (χ1v) is 6.42. The van der Waals surface area contributed by atoms with E-state index in [1.54, 1.807) is 0 Å². The second kappa shape index (κ2) is 8.23. The minimum absolute atomic E-state index is 0.449. The molecule has 0 saturated carbocycles. The topological polar surface area (TPSA) is 3.24 Å². The summed E-state index contributed by atoms with van der Waals surface area (Å²) in [5.74, 6) is 1.25. The molecule has 0 aromatic rings. The van der Waals surface area contributed by atoms with Gasteiger partial charge in [-0.1, -0.05) is 13.8 Å². The molecule has 0 fully saturated rings. The second-order valence-electron chi connectivity index (χ2n) is 4.30. The molecule has 0 amide bonds. The quantitative estimate of drug-likeness (QED) is 0.650. The normalized spacial score (nSPS) is 14.4. The molecule has 98 valence electrons. The van der Waals surface area contributed by atoms with Crippen molar-refractivity contribution >= 4 is 12.6 Å². The molecule has 5 heteroatoms. The van der Waals surface area contributed by atoms with E-state index < -0.39 is 12.7 Å². The van der Waals surface area contributed by atoms with Crippen molar-refractivity contribution < 1.29 is 13.2 Å². The van der Waals surface area contributed by atoms with E-state index in [0.717, 1.165) is 25.0 Å². The van der Waals surface area contributed by atoms with Crippen LogP contribution in [0.5, 0.6) is 0 Å². The molecule has 1 nitrogen and oxygen atoms in total. The number of hydrogen-bond acceptors (Lipinski definition) is 2. The standard InChI is InChI=1S/C11H22F3NS/c1-3-6-15(9-11(12,13)14)7-4-10(2)5-8-16/h10,16H,3-9H2,1-2H3. The smallest absolute Gasteiger partial charge is 0.295 e. The van der Waals surface area contributed by atoms with Crippen molar-refractivity contribution in [1.29, 1.82) is 0 Å².